The van der Waals surface area contributed by atoms with E-state index in [0.717, 1.165) is 18.8 Å². The summed E-state index contributed by atoms with van der Waals surface area (Å²) in [6.07, 6.45) is 4.67. The third-order valence-corrected chi connectivity index (χ3v) is 4.16. The molecule has 3 unspecified atom stereocenters. The summed E-state index contributed by atoms with van der Waals surface area (Å²) in [7, 11) is 0. The summed E-state index contributed by atoms with van der Waals surface area (Å²) in [5, 5.41) is 8.86. The molecule has 1 heteroatoms. The summed E-state index contributed by atoms with van der Waals surface area (Å²) in [4.78, 5) is 0. The van der Waals surface area contributed by atoms with Crippen LogP contribution in [0.25, 0.3) is 0 Å². The molecular weight excluding hydrogens is 242 g/mol. The van der Waals surface area contributed by atoms with Crippen LogP contribution in [0.2, 0.25) is 0 Å². The molecule has 0 aliphatic heterocycles. The zero-order valence-electron chi connectivity index (χ0n) is 13.5. The molecule has 1 rings (SSSR count). The van der Waals surface area contributed by atoms with E-state index in [1.54, 1.807) is 0 Å². The van der Waals surface area contributed by atoms with Gasteiger partial charge in [0.1, 0.15) is 0 Å². The van der Waals surface area contributed by atoms with E-state index in [-0.39, 0.29) is 5.92 Å². The summed E-state index contributed by atoms with van der Waals surface area (Å²) in [5.74, 6) is 2.25. The Morgan fingerprint density at radius 2 is 1.65 bits per heavy atom. The summed E-state index contributed by atoms with van der Waals surface area (Å²) in [6, 6.07) is 13.2. The van der Waals surface area contributed by atoms with Crippen LogP contribution in [0.3, 0.4) is 0 Å². The van der Waals surface area contributed by atoms with Gasteiger partial charge in [0.05, 0.1) is 6.07 Å². The van der Waals surface area contributed by atoms with Gasteiger partial charge in [0.25, 0.3) is 0 Å². The van der Waals surface area contributed by atoms with Gasteiger partial charge in [-0.2, -0.15) is 5.26 Å². The molecule has 0 saturated heterocycles. The third-order valence-electron chi connectivity index (χ3n) is 4.16. The van der Waals surface area contributed by atoms with Crippen LogP contribution in [0.4, 0.5) is 0 Å². The minimum absolute atomic E-state index is 0.197. The number of benzene rings is 1. The fraction of sp³-hybridized carbons (Fsp3) is 0.632. The molecular formula is C19H29N. The molecule has 0 fully saturated rings. The van der Waals surface area contributed by atoms with E-state index in [1.807, 2.05) is 6.92 Å². The van der Waals surface area contributed by atoms with Crippen LogP contribution in [-0.4, -0.2) is 0 Å². The van der Waals surface area contributed by atoms with E-state index in [1.165, 1.54) is 18.4 Å². The maximum atomic E-state index is 8.86. The lowest BCUT2D eigenvalue weighted by atomic mass is 9.79. The molecule has 3 atom stereocenters. The molecule has 0 aliphatic rings. The van der Waals surface area contributed by atoms with Crippen molar-refractivity contribution in [2.45, 2.75) is 59.3 Å². The van der Waals surface area contributed by atoms with Gasteiger partial charge in [0.15, 0.2) is 0 Å². The lowest BCUT2D eigenvalue weighted by Gasteiger charge is -2.26. The number of hydrogen-bond acceptors (Lipinski definition) is 1. The van der Waals surface area contributed by atoms with Gasteiger partial charge in [0.2, 0.25) is 0 Å². The fourth-order valence-corrected chi connectivity index (χ4v) is 2.92. The Kier molecular flexibility index (Phi) is 7.37. The normalized spacial score (nSPS) is 15.6. The summed E-state index contributed by atoms with van der Waals surface area (Å²) in [6.45, 7) is 9.01. The van der Waals surface area contributed by atoms with Gasteiger partial charge in [-0.15, -0.1) is 0 Å². The molecule has 0 aliphatic carbocycles. The van der Waals surface area contributed by atoms with Gasteiger partial charge in [-0.05, 0) is 43.1 Å². The first-order valence-corrected chi connectivity index (χ1v) is 7.99. The highest BCUT2D eigenvalue weighted by atomic mass is 14.3. The van der Waals surface area contributed by atoms with E-state index >= 15 is 0 Å². The van der Waals surface area contributed by atoms with Gasteiger partial charge < -0.3 is 0 Å². The van der Waals surface area contributed by atoms with Crippen LogP contribution in [-0.2, 0) is 0 Å². The maximum absolute atomic E-state index is 8.86. The van der Waals surface area contributed by atoms with Crippen molar-refractivity contribution in [1.29, 1.82) is 5.26 Å². The second-order valence-electron chi connectivity index (χ2n) is 6.59. The standard InChI is InChI=1S/C19H29N/c1-15(2)13-19(18-11-6-5-7-12-18)17(4)10-8-9-16(3)14-20/h5-7,11-12,15-17,19H,8-10,13H2,1-4H3. The van der Waals surface area contributed by atoms with Crippen molar-refractivity contribution in [3.8, 4) is 6.07 Å². The van der Waals surface area contributed by atoms with Gasteiger partial charge in [-0.25, -0.2) is 0 Å². The van der Waals surface area contributed by atoms with Crippen LogP contribution < -0.4 is 0 Å². The molecule has 0 N–H and O–H groups in total. The molecule has 20 heavy (non-hydrogen) atoms. The first kappa shape index (κ1) is 16.8. The molecule has 1 aromatic carbocycles. The highest BCUT2D eigenvalue weighted by molar-refractivity contribution is 5.20. The second-order valence-corrected chi connectivity index (χ2v) is 6.59. The summed E-state index contributed by atoms with van der Waals surface area (Å²) >= 11 is 0. The molecule has 0 bridgehead atoms. The highest BCUT2D eigenvalue weighted by Crippen LogP contribution is 2.34. The predicted molar refractivity (Wildman–Crippen MR) is 86.4 cm³/mol. The first-order chi connectivity index (χ1) is 9.54. The average Bonchev–Trinajstić information content (AvgIpc) is 2.45. The largest absolute Gasteiger partial charge is 0.198 e. The highest BCUT2D eigenvalue weighted by Gasteiger charge is 2.20. The van der Waals surface area contributed by atoms with Crippen LogP contribution >= 0.6 is 0 Å². The Hall–Kier alpha value is -1.29. The lowest BCUT2D eigenvalue weighted by molar-refractivity contribution is 0.353. The lowest BCUT2D eigenvalue weighted by Crippen LogP contribution is -2.13. The van der Waals surface area contributed by atoms with Crippen molar-refractivity contribution in [3.63, 3.8) is 0 Å². The molecule has 0 amide bonds. The van der Waals surface area contributed by atoms with Gasteiger partial charge in [-0.1, -0.05) is 63.9 Å². The van der Waals surface area contributed by atoms with Crippen molar-refractivity contribution >= 4 is 0 Å². The van der Waals surface area contributed by atoms with Crippen molar-refractivity contribution in [2.75, 3.05) is 0 Å². The quantitative estimate of drug-likeness (QED) is 0.587. The molecule has 0 aromatic heterocycles. The topological polar surface area (TPSA) is 23.8 Å². The molecule has 110 valence electrons. The number of hydrogen-bond donors (Lipinski definition) is 0. The van der Waals surface area contributed by atoms with Crippen molar-refractivity contribution in [1.82, 2.24) is 0 Å². The third kappa shape index (κ3) is 5.78. The van der Waals surface area contributed by atoms with Gasteiger partial charge in [-0.3, -0.25) is 0 Å². The zero-order chi connectivity index (χ0) is 15.0. The van der Waals surface area contributed by atoms with Crippen LogP contribution in [0.5, 0.6) is 0 Å². The predicted octanol–water partition coefficient (Wildman–Crippen LogP) is 5.78. The smallest absolute Gasteiger partial charge is 0.0652 e. The maximum Gasteiger partial charge on any atom is 0.0652 e. The Bertz CT molecular complexity index is 402. The molecule has 1 nitrogen and oxygen atoms in total. The number of nitrogens with zero attached hydrogens (tertiary/aromatic N) is 1. The van der Waals surface area contributed by atoms with E-state index in [9.17, 15) is 0 Å². The molecule has 0 heterocycles. The van der Waals surface area contributed by atoms with E-state index in [4.69, 9.17) is 5.26 Å². The molecule has 0 radical (unpaired) electrons. The number of rotatable bonds is 8. The first-order valence-electron chi connectivity index (χ1n) is 7.99. The zero-order valence-corrected chi connectivity index (χ0v) is 13.5. The minimum Gasteiger partial charge on any atom is -0.198 e. The monoisotopic (exact) mass is 271 g/mol. The Labute approximate surface area is 125 Å². The van der Waals surface area contributed by atoms with Crippen LogP contribution in [0, 0.1) is 29.1 Å². The summed E-state index contributed by atoms with van der Waals surface area (Å²) < 4.78 is 0. The summed E-state index contributed by atoms with van der Waals surface area (Å²) in [5.41, 5.74) is 1.47. The van der Waals surface area contributed by atoms with Crippen LogP contribution in [0.1, 0.15) is 64.9 Å². The van der Waals surface area contributed by atoms with Gasteiger partial charge >= 0.3 is 0 Å². The Morgan fingerprint density at radius 3 is 2.20 bits per heavy atom. The van der Waals surface area contributed by atoms with Crippen LogP contribution in [0.15, 0.2) is 30.3 Å². The van der Waals surface area contributed by atoms with E-state index in [2.05, 4.69) is 57.2 Å². The Morgan fingerprint density at radius 1 is 1.00 bits per heavy atom. The van der Waals surface area contributed by atoms with E-state index < -0.39 is 0 Å². The van der Waals surface area contributed by atoms with Crippen molar-refractivity contribution in [2.24, 2.45) is 17.8 Å². The Balaban J connectivity index is 2.62. The van der Waals surface area contributed by atoms with Gasteiger partial charge in [0, 0.05) is 5.92 Å². The SMILES string of the molecule is CC(C)CC(c1ccccc1)C(C)CCCC(C)C#N. The average molecular weight is 271 g/mol. The molecule has 0 spiro atoms. The second kappa shape index (κ2) is 8.80. The molecule has 1 aromatic rings. The van der Waals surface area contributed by atoms with E-state index in [0.29, 0.717) is 11.8 Å². The molecule has 0 saturated carbocycles. The van der Waals surface area contributed by atoms with Crippen molar-refractivity contribution < 1.29 is 0 Å². The fourth-order valence-electron chi connectivity index (χ4n) is 2.92. The number of nitriles is 1. The minimum atomic E-state index is 0.197. The van der Waals surface area contributed by atoms with Crippen molar-refractivity contribution in [3.05, 3.63) is 35.9 Å².